The van der Waals surface area contributed by atoms with E-state index in [1.54, 1.807) is 0 Å². The SMILES string of the molecule is CC(C)NCC(=O)NC1CCOC1. The van der Waals surface area contributed by atoms with Gasteiger partial charge in [-0.2, -0.15) is 0 Å². The van der Waals surface area contributed by atoms with Crippen molar-refractivity contribution in [1.82, 2.24) is 10.6 Å². The molecule has 1 atom stereocenters. The Balaban J connectivity index is 2.09. The molecule has 1 unspecified atom stereocenters. The molecule has 0 saturated carbocycles. The monoisotopic (exact) mass is 186 g/mol. The Labute approximate surface area is 79.0 Å². The van der Waals surface area contributed by atoms with E-state index in [9.17, 15) is 4.79 Å². The second-order valence-corrected chi connectivity index (χ2v) is 3.66. The number of hydrogen-bond donors (Lipinski definition) is 2. The Morgan fingerprint density at radius 3 is 2.92 bits per heavy atom. The molecule has 0 radical (unpaired) electrons. The Morgan fingerprint density at radius 2 is 2.38 bits per heavy atom. The minimum absolute atomic E-state index is 0.0594. The molecule has 0 aromatic rings. The highest BCUT2D eigenvalue weighted by atomic mass is 16.5. The molecule has 1 amide bonds. The molecule has 1 fully saturated rings. The first-order chi connectivity index (χ1) is 6.18. The number of hydrogen-bond acceptors (Lipinski definition) is 3. The standard InChI is InChI=1S/C9H18N2O2/c1-7(2)10-5-9(12)11-8-3-4-13-6-8/h7-8,10H,3-6H2,1-2H3,(H,11,12). The van der Waals surface area contributed by atoms with Crippen LogP contribution in [0.4, 0.5) is 0 Å². The quantitative estimate of drug-likeness (QED) is 0.644. The summed E-state index contributed by atoms with van der Waals surface area (Å²) in [5.41, 5.74) is 0. The third-order valence-electron chi connectivity index (χ3n) is 1.97. The Hall–Kier alpha value is -0.610. The lowest BCUT2D eigenvalue weighted by atomic mass is 10.2. The van der Waals surface area contributed by atoms with Gasteiger partial charge < -0.3 is 15.4 Å². The van der Waals surface area contributed by atoms with Crippen molar-refractivity contribution in [3.8, 4) is 0 Å². The van der Waals surface area contributed by atoms with Crippen LogP contribution in [0, 0.1) is 0 Å². The molecule has 0 aromatic heterocycles. The Bertz CT molecular complexity index is 165. The molecule has 1 saturated heterocycles. The fraction of sp³-hybridized carbons (Fsp3) is 0.889. The molecule has 0 aromatic carbocycles. The molecule has 1 rings (SSSR count). The summed E-state index contributed by atoms with van der Waals surface area (Å²) in [5, 5.41) is 5.97. The maximum absolute atomic E-state index is 11.3. The van der Waals surface area contributed by atoms with Gasteiger partial charge in [0.2, 0.25) is 5.91 Å². The van der Waals surface area contributed by atoms with E-state index >= 15 is 0 Å². The van der Waals surface area contributed by atoms with Gasteiger partial charge in [-0.1, -0.05) is 13.8 Å². The van der Waals surface area contributed by atoms with Crippen molar-refractivity contribution in [2.24, 2.45) is 0 Å². The summed E-state index contributed by atoms with van der Waals surface area (Å²) in [6, 6.07) is 0.576. The molecule has 0 aliphatic carbocycles. The molecule has 2 N–H and O–H groups in total. The smallest absolute Gasteiger partial charge is 0.234 e. The van der Waals surface area contributed by atoms with Gasteiger partial charge in [0.25, 0.3) is 0 Å². The van der Waals surface area contributed by atoms with Crippen LogP contribution >= 0.6 is 0 Å². The summed E-state index contributed by atoms with van der Waals surface area (Å²) in [6.45, 7) is 5.86. The minimum Gasteiger partial charge on any atom is -0.379 e. The number of carbonyl (C=O) groups excluding carboxylic acids is 1. The lowest BCUT2D eigenvalue weighted by Crippen LogP contribution is -2.42. The van der Waals surface area contributed by atoms with Crippen molar-refractivity contribution in [3.05, 3.63) is 0 Å². The van der Waals surface area contributed by atoms with Crippen LogP contribution in [0.15, 0.2) is 0 Å². The van der Waals surface area contributed by atoms with Crippen molar-refractivity contribution >= 4 is 5.91 Å². The molecule has 13 heavy (non-hydrogen) atoms. The zero-order valence-electron chi connectivity index (χ0n) is 8.30. The molecular formula is C9H18N2O2. The van der Waals surface area contributed by atoms with Crippen LogP contribution < -0.4 is 10.6 Å². The molecule has 0 bridgehead atoms. The predicted octanol–water partition coefficient (Wildman–Crippen LogP) is -0.111. The highest BCUT2D eigenvalue weighted by Gasteiger charge is 2.17. The van der Waals surface area contributed by atoms with Gasteiger partial charge in [-0.05, 0) is 6.42 Å². The zero-order chi connectivity index (χ0) is 9.68. The van der Waals surface area contributed by atoms with Crippen LogP contribution in [0.2, 0.25) is 0 Å². The molecule has 0 spiro atoms. The van der Waals surface area contributed by atoms with E-state index in [4.69, 9.17) is 4.74 Å². The van der Waals surface area contributed by atoms with Crippen molar-refractivity contribution in [2.45, 2.75) is 32.4 Å². The van der Waals surface area contributed by atoms with Crippen LogP contribution in [0.5, 0.6) is 0 Å². The van der Waals surface area contributed by atoms with Gasteiger partial charge in [0, 0.05) is 12.6 Å². The van der Waals surface area contributed by atoms with Crippen molar-refractivity contribution in [3.63, 3.8) is 0 Å². The maximum atomic E-state index is 11.3. The first-order valence-electron chi connectivity index (χ1n) is 4.79. The third kappa shape index (κ3) is 4.24. The highest BCUT2D eigenvalue weighted by Crippen LogP contribution is 2.02. The highest BCUT2D eigenvalue weighted by molar-refractivity contribution is 5.78. The number of carbonyl (C=O) groups is 1. The third-order valence-corrected chi connectivity index (χ3v) is 1.97. The van der Waals surface area contributed by atoms with Gasteiger partial charge in [0.05, 0.1) is 19.2 Å². The van der Waals surface area contributed by atoms with Crippen LogP contribution in [0.1, 0.15) is 20.3 Å². The topological polar surface area (TPSA) is 50.4 Å². The Morgan fingerprint density at radius 1 is 1.62 bits per heavy atom. The lowest BCUT2D eigenvalue weighted by molar-refractivity contribution is -0.121. The van der Waals surface area contributed by atoms with Crippen molar-refractivity contribution in [1.29, 1.82) is 0 Å². The van der Waals surface area contributed by atoms with Gasteiger partial charge in [-0.25, -0.2) is 0 Å². The molecular weight excluding hydrogens is 168 g/mol. The fourth-order valence-electron chi connectivity index (χ4n) is 1.22. The maximum Gasteiger partial charge on any atom is 0.234 e. The zero-order valence-corrected chi connectivity index (χ0v) is 8.30. The van der Waals surface area contributed by atoms with Gasteiger partial charge in [-0.15, -0.1) is 0 Å². The largest absolute Gasteiger partial charge is 0.379 e. The van der Waals surface area contributed by atoms with E-state index in [1.807, 2.05) is 13.8 Å². The number of amides is 1. The fourth-order valence-corrected chi connectivity index (χ4v) is 1.22. The predicted molar refractivity (Wildman–Crippen MR) is 50.5 cm³/mol. The molecule has 76 valence electrons. The number of ether oxygens (including phenoxy) is 1. The average molecular weight is 186 g/mol. The van der Waals surface area contributed by atoms with Crippen LogP contribution in [-0.4, -0.2) is 37.7 Å². The van der Waals surface area contributed by atoms with Crippen LogP contribution in [-0.2, 0) is 9.53 Å². The van der Waals surface area contributed by atoms with Gasteiger partial charge in [-0.3, -0.25) is 4.79 Å². The summed E-state index contributed by atoms with van der Waals surface area (Å²) in [7, 11) is 0. The lowest BCUT2D eigenvalue weighted by Gasteiger charge is -2.12. The average Bonchev–Trinajstić information content (AvgIpc) is 2.53. The summed E-state index contributed by atoms with van der Waals surface area (Å²) in [5.74, 6) is 0.0594. The van der Waals surface area contributed by atoms with Crippen molar-refractivity contribution in [2.75, 3.05) is 19.8 Å². The normalized spacial score (nSPS) is 22.2. The molecule has 1 aliphatic heterocycles. The van der Waals surface area contributed by atoms with E-state index in [0.717, 1.165) is 13.0 Å². The van der Waals surface area contributed by atoms with Gasteiger partial charge in [0.15, 0.2) is 0 Å². The second-order valence-electron chi connectivity index (χ2n) is 3.66. The summed E-state index contributed by atoms with van der Waals surface area (Å²) in [4.78, 5) is 11.3. The summed E-state index contributed by atoms with van der Waals surface area (Å²) in [6.07, 6.45) is 0.938. The van der Waals surface area contributed by atoms with Crippen LogP contribution in [0.25, 0.3) is 0 Å². The molecule has 1 aliphatic rings. The molecule has 1 heterocycles. The molecule has 4 heteroatoms. The summed E-state index contributed by atoms with van der Waals surface area (Å²) >= 11 is 0. The Kier molecular flexibility index (Phi) is 4.18. The van der Waals surface area contributed by atoms with Gasteiger partial charge in [0.1, 0.15) is 0 Å². The van der Waals surface area contributed by atoms with E-state index in [0.29, 0.717) is 19.2 Å². The summed E-state index contributed by atoms with van der Waals surface area (Å²) < 4.78 is 5.15. The number of rotatable bonds is 4. The molecule has 4 nitrogen and oxygen atoms in total. The van der Waals surface area contributed by atoms with E-state index in [-0.39, 0.29) is 11.9 Å². The van der Waals surface area contributed by atoms with E-state index < -0.39 is 0 Å². The van der Waals surface area contributed by atoms with E-state index in [1.165, 1.54) is 0 Å². The first kappa shape index (κ1) is 10.5. The van der Waals surface area contributed by atoms with Crippen molar-refractivity contribution < 1.29 is 9.53 Å². The number of nitrogens with one attached hydrogen (secondary N) is 2. The second kappa shape index (κ2) is 5.19. The minimum atomic E-state index is 0.0594. The first-order valence-corrected chi connectivity index (χ1v) is 4.79. The van der Waals surface area contributed by atoms with Gasteiger partial charge >= 0.3 is 0 Å². The van der Waals surface area contributed by atoms with Crippen LogP contribution in [0.3, 0.4) is 0 Å². The van der Waals surface area contributed by atoms with E-state index in [2.05, 4.69) is 10.6 Å².